The first-order valence-electron chi connectivity index (χ1n) is 2.48. The van der Waals surface area contributed by atoms with Gasteiger partial charge >= 0.3 is 6.18 Å². The smallest absolute Gasteiger partial charge is 0.205 e. The molecule has 0 rings (SSSR count). The Morgan fingerprint density at radius 3 is 1.64 bits per heavy atom. The highest BCUT2D eigenvalue weighted by Gasteiger charge is 2.37. The summed E-state index contributed by atoms with van der Waals surface area (Å²) in [5.41, 5.74) is -1.59. The molecule has 0 saturated carbocycles. The summed E-state index contributed by atoms with van der Waals surface area (Å²) in [5.74, 6) is -2.72. The van der Waals surface area contributed by atoms with Gasteiger partial charge in [-0.15, -0.1) is 0 Å². The highest BCUT2D eigenvalue weighted by atomic mass is 19.4. The van der Waals surface area contributed by atoms with Gasteiger partial charge in [0, 0.05) is 5.57 Å². The van der Waals surface area contributed by atoms with Crippen molar-refractivity contribution in [2.75, 3.05) is 0 Å². The van der Waals surface area contributed by atoms with Gasteiger partial charge in [-0.1, -0.05) is 0 Å². The first-order chi connectivity index (χ1) is 4.76. The first kappa shape index (κ1) is 10.3. The largest absolute Gasteiger partial charge is 0.443 e. The van der Waals surface area contributed by atoms with E-state index in [1.54, 1.807) is 0 Å². The molecule has 0 aliphatic carbocycles. The van der Waals surface area contributed by atoms with Gasteiger partial charge in [-0.25, -0.2) is 13.2 Å². The summed E-state index contributed by atoms with van der Waals surface area (Å²) in [6.07, 6.45) is -8.71. The predicted molar refractivity (Wildman–Crippen MR) is 25.9 cm³/mol. The minimum Gasteiger partial charge on any atom is -0.205 e. The molecule has 0 amide bonds. The second-order valence-electron chi connectivity index (χ2n) is 1.80. The molecule has 6 heteroatoms. The van der Waals surface area contributed by atoms with Crippen LogP contribution in [0, 0.1) is 0 Å². The van der Waals surface area contributed by atoms with E-state index in [2.05, 4.69) is 0 Å². The Bertz CT molecular complexity index is 164. The van der Waals surface area contributed by atoms with E-state index in [0.29, 0.717) is 6.92 Å². The lowest BCUT2D eigenvalue weighted by atomic mass is 10.3. The maximum absolute atomic E-state index is 11.8. The average Bonchev–Trinajstić information content (AvgIpc) is 1.82. The Kier molecular flexibility index (Phi) is 2.95. The standard InChI is InChI=1S/C5H4F6/c1-2(4(7)8)3(6)5(9,10)11/h4H,1H3. The highest BCUT2D eigenvalue weighted by molar-refractivity contribution is 5.11. The van der Waals surface area contributed by atoms with Crippen molar-refractivity contribution in [3.8, 4) is 0 Å². The van der Waals surface area contributed by atoms with Crippen molar-refractivity contribution in [2.45, 2.75) is 19.5 Å². The van der Waals surface area contributed by atoms with Gasteiger partial charge in [0.05, 0.1) is 0 Å². The molecule has 0 fully saturated rings. The third-order valence-electron chi connectivity index (χ3n) is 0.922. The molecule has 0 N–H and O–H groups in total. The Balaban J connectivity index is 4.67. The molecule has 0 unspecified atom stereocenters. The van der Waals surface area contributed by atoms with Crippen molar-refractivity contribution in [1.29, 1.82) is 0 Å². The van der Waals surface area contributed by atoms with Gasteiger partial charge in [-0.3, -0.25) is 0 Å². The zero-order valence-electron chi connectivity index (χ0n) is 5.35. The van der Waals surface area contributed by atoms with Crippen molar-refractivity contribution in [3.63, 3.8) is 0 Å². The SMILES string of the molecule is CC(=C(F)C(F)(F)F)C(F)F. The molecule has 0 aromatic heterocycles. The van der Waals surface area contributed by atoms with Crippen LogP contribution in [0.4, 0.5) is 26.3 Å². The van der Waals surface area contributed by atoms with Crippen molar-refractivity contribution in [2.24, 2.45) is 0 Å². The lowest BCUT2D eigenvalue weighted by Crippen LogP contribution is -2.12. The summed E-state index contributed by atoms with van der Waals surface area (Å²) in [4.78, 5) is 0. The number of alkyl halides is 5. The van der Waals surface area contributed by atoms with Gasteiger partial charge in [0.2, 0.25) is 5.83 Å². The molecule has 0 heterocycles. The van der Waals surface area contributed by atoms with Crippen LogP contribution in [0.25, 0.3) is 0 Å². The monoisotopic (exact) mass is 178 g/mol. The number of halogens is 6. The third kappa shape index (κ3) is 2.81. The number of hydrogen-bond donors (Lipinski definition) is 0. The Morgan fingerprint density at radius 2 is 1.55 bits per heavy atom. The summed E-state index contributed by atoms with van der Waals surface area (Å²) in [5, 5.41) is 0. The molecular weight excluding hydrogens is 174 g/mol. The van der Waals surface area contributed by atoms with Crippen molar-refractivity contribution >= 4 is 0 Å². The number of hydrogen-bond acceptors (Lipinski definition) is 0. The number of allylic oxidation sites excluding steroid dienone is 2. The van der Waals surface area contributed by atoms with Crippen LogP contribution in [-0.4, -0.2) is 12.6 Å². The molecule has 0 aliphatic heterocycles. The number of rotatable bonds is 1. The van der Waals surface area contributed by atoms with Crippen LogP contribution in [0.15, 0.2) is 11.4 Å². The molecule has 0 bridgehead atoms. The summed E-state index contributed by atoms with van der Waals surface area (Å²) in [7, 11) is 0. The minimum atomic E-state index is -5.31. The van der Waals surface area contributed by atoms with E-state index in [-0.39, 0.29) is 0 Å². The third-order valence-corrected chi connectivity index (χ3v) is 0.922. The summed E-state index contributed by atoms with van der Waals surface area (Å²) in [6.45, 7) is 0.396. The lowest BCUT2D eigenvalue weighted by Gasteiger charge is -2.06. The predicted octanol–water partition coefficient (Wildman–Crippen LogP) is 3.06. The summed E-state index contributed by atoms with van der Waals surface area (Å²) < 4.78 is 68.5. The molecule has 0 radical (unpaired) electrons. The molecule has 0 spiro atoms. The zero-order valence-corrected chi connectivity index (χ0v) is 5.35. The fraction of sp³-hybridized carbons (Fsp3) is 0.600. The maximum atomic E-state index is 11.8. The van der Waals surface area contributed by atoms with Gasteiger partial charge in [-0.05, 0) is 6.92 Å². The zero-order chi connectivity index (χ0) is 9.23. The van der Waals surface area contributed by atoms with Crippen molar-refractivity contribution in [1.82, 2.24) is 0 Å². The molecule has 0 atom stereocenters. The normalized spacial score (nSPS) is 15.3. The van der Waals surface area contributed by atoms with Gasteiger partial charge < -0.3 is 0 Å². The van der Waals surface area contributed by atoms with Crippen LogP contribution in [0.1, 0.15) is 6.92 Å². The fourth-order valence-electron chi connectivity index (χ4n) is 0.319. The minimum absolute atomic E-state index is 0.396. The Morgan fingerprint density at radius 1 is 1.18 bits per heavy atom. The van der Waals surface area contributed by atoms with Crippen LogP contribution >= 0.6 is 0 Å². The van der Waals surface area contributed by atoms with Gasteiger partial charge in [0.25, 0.3) is 6.43 Å². The second-order valence-corrected chi connectivity index (χ2v) is 1.80. The van der Waals surface area contributed by atoms with Crippen molar-refractivity contribution in [3.05, 3.63) is 11.4 Å². The second kappa shape index (κ2) is 3.15. The van der Waals surface area contributed by atoms with Gasteiger partial charge in [0.1, 0.15) is 0 Å². The van der Waals surface area contributed by atoms with Crippen molar-refractivity contribution < 1.29 is 26.3 Å². The van der Waals surface area contributed by atoms with Crippen LogP contribution in [0.3, 0.4) is 0 Å². The van der Waals surface area contributed by atoms with E-state index < -0.39 is 24.0 Å². The van der Waals surface area contributed by atoms with Gasteiger partial charge in [0.15, 0.2) is 0 Å². The summed E-state index contributed by atoms with van der Waals surface area (Å²) in [6, 6.07) is 0. The highest BCUT2D eigenvalue weighted by Crippen LogP contribution is 2.30. The summed E-state index contributed by atoms with van der Waals surface area (Å²) >= 11 is 0. The molecular formula is C5H4F6. The van der Waals surface area contributed by atoms with Crippen LogP contribution in [-0.2, 0) is 0 Å². The van der Waals surface area contributed by atoms with E-state index in [1.165, 1.54) is 0 Å². The van der Waals surface area contributed by atoms with E-state index in [9.17, 15) is 26.3 Å². The quantitative estimate of drug-likeness (QED) is 0.541. The first-order valence-corrected chi connectivity index (χ1v) is 2.48. The molecule has 0 aromatic rings. The molecule has 11 heavy (non-hydrogen) atoms. The van der Waals surface area contributed by atoms with E-state index in [0.717, 1.165) is 0 Å². The van der Waals surface area contributed by atoms with Gasteiger partial charge in [-0.2, -0.15) is 13.2 Å². The van der Waals surface area contributed by atoms with Crippen LogP contribution < -0.4 is 0 Å². The van der Waals surface area contributed by atoms with E-state index in [4.69, 9.17) is 0 Å². The van der Waals surface area contributed by atoms with Crippen LogP contribution in [0.2, 0.25) is 0 Å². The molecule has 66 valence electrons. The average molecular weight is 178 g/mol. The Hall–Kier alpha value is -0.680. The molecule has 0 nitrogen and oxygen atoms in total. The molecule has 0 aliphatic rings. The topological polar surface area (TPSA) is 0 Å². The van der Waals surface area contributed by atoms with E-state index >= 15 is 0 Å². The lowest BCUT2D eigenvalue weighted by molar-refractivity contribution is -0.111. The maximum Gasteiger partial charge on any atom is 0.443 e. The Labute approximate surface area is 58.5 Å². The molecule has 0 saturated heterocycles. The molecule has 0 aromatic carbocycles. The van der Waals surface area contributed by atoms with Crippen LogP contribution in [0.5, 0.6) is 0 Å². The van der Waals surface area contributed by atoms with E-state index in [1.807, 2.05) is 0 Å². The fourth-order valence-corrected chi connectivity index (χ4v) is 0.319.